The van der Waals surface area contributed by atoms with Crippen LogP contribution >= 0.6 is 0 Å². The van der Waals surface area contributed by atoms with Gasteiger partial charge in [-0.25, -0.2) is 8.42 Å². The van der Waals surface area contributed by atoms with Crippen molar-refractivity contribution in [3.05, 3.63) is 29.8 Å². The van der Waals surface area contributed by atoms with Crippen LogP contribution in [0.1, 0.15) is 12.5 Å². The van der Waals surface area contributed by atoms with Crippen LogP contribution in [-0.4, -0.2) is 19.5 Å². The highest BCUT2D eigenvalue weighted by Gasteiger charge is 1.97. The Morgan fingerprint density at radius 3 is 1.93 bits per heavy atom. The summed E-state index contributed by atoms with van der Waals surface area (Å²) in [6.45, 7) is 4.47. The first-order valence-electron chi connectivity index (χ1n) is 4.14. The van der Waals surface area contributed by atoms with Gasteiger partial charge in [-0.15, -0.1) is 0 Å². The van der Waals surface area contributed by atoms with E-state index in [1.54, 1.807) is 12.1 Å². The second-order valence-electron chi connectivity index (χ2n) is 2.68. The number of hydrogen-bond acceptors (Lipinski definition) is 4. The summed E-state index contributed by atoms with van der Waals surface area (Å²) < 4.78 is 31.2. The third kappa shape index (κ3) is 4.96. The highest BCUT2D eigenvalue weighted by molar-refractivity contribution is 7.85. The summed E-state index contributed by atoms with van der Waals surface area (Å²) in [6, 6.07) is 5.78. The average molecular weight is 216 g/mol. The zero-order valence-electron chi connectivity index (χ0n) is 8.23. The second-order valence-corrected chi connectivity index (χ2v) is 4.06. The second kappa shape index (κ2) is 5.74. The molecule has 5 heteroatoms. The number of rotatable bonds is 1. The van der Waals surface area contributed by atoms with Crippen LogP contribution in [0.15, 0.2) is 29.2 Å². The molecule has 0 unspecified atom stereocenters. The lowest BCUT2D eigenvalue weighted by molar-refractivity contribution is 0.463. The Hall–Kier alpha value is -0.910. The molecule has 0 saturated heterocycles. The van der Waals surface area contributed by atoms with Crippen molar-refractivity contribution in [2.45, 2.75) is 18.7 Å². The quantitative estimate of drug-likeness (QED) is 0.706. The van der Waals surface area contributed by atoms with Gasteiger partial charge in [-0.3, -0.25) is 0 Å². The standard InChI is InChI=1S/C7H8O3S.C2H7N/c1-6-2-4-7(5-3-6)11(8,9)10;1-2-3/h2-5H,1H3,(H,8,9,10);2-3H2,1H3/p-1. The van der Waals surface area contributed by atoms with Crippen molar-refractivity contribution in [2.75, 3.05) is 6.54 Å². The molecular formula is C9H14NO3S-. The molecule has 0 aromatic heterocycles. The molecule has 0 amide bonds. The molecule has 14 heavy (non-hydrogen) atoms. The molecule has 4 nitrogen and oxygen atoms in total. The largest absolute Gasteiger partial charge is 0.744 e. The van der Waals surface area contributed by atoms with Gasteiger partial charge in [0.05, 0.1) is 4.90 Å². The van der Waals surface area contributed by atoms with Crippen molar-refractivity contribution in [1.29, 1.82) is 0 Å². The Bertz CT molecular complexity index is 356. The molecule has 1 aromatic rings. The zero-order valence-corrected chi connectivity index (χ0v) is 9.04. The van der Waals surface area contributed by atoms with Gasteiger partial charge in [0.25, 0.3) is 0 Å². The molecule has 0 heterocycles. The first-order valence-corrected chi connectivity index (χ1v) is 5.55. The van der Waals surface area contributed by atoms with Gasteiger partial charge in [0.2, 0.25) is 0 Å². The molecule has 0 aliphatic heterocycles. The van der Waals surface area contributed by atoms with Gasteiger partial charge in [-0.1, -0.05) is 24.6 Å². The van der Waals surface area contributed by atoms with E-state index in [2.05, 4.69) is 0 Å². The highest BCUT2D eigenvalue weighted by atomic mass is 32.2. The van der Waals surface area contributed by atoms with Crippen LogP contribution < -0.4 is 5.73 Å². The molecule has 0 radical (unpaired) electrons. The normalized spacial score (nSPS) is 10.3. The summed E-state index contributed by atoms with van der Waals surface area (Å²) >= 11 is 0. The molecule has 0 fully saturated rings. The molecule has 1 rings (SSSR count). The number of hydrogen-bond donors (Lipinski definition) is 1. The lowest BCUT2D eigenvalue weighted by atomic mass is 10.2. The summed E-state index contributed by atoms with van der Waals surface area (Å²) in [6.07, 6.45) is 0. The van der Waals surface area contributed by atoms with E-state index in [0.29, 0.717) is 0 Å². The van der Waals surface area contributed by atoms with E-state index < -0.39 is 10.1 Å². The molecule has 0 aliphatic carbocycles. The molecule has 0 atom stereocenters. The van der Waals surface area contributed by atoms with Crippen molar-refractivity contribution in [3.8, 4) is 0 Å². The van der Waals surface area contributed by atoms with Gasteiger partial charge in [0.1, 0.15) is 10.1 Å². The minimum absolute atomic E-state index is 0.178. The van der Waals surface area contributed by atoms with Crippen molar-refractivity contribution in [3.63, 3.8) is 0 Å². The monoisotopic (exact) mass is 216 g/mol. The Morgan fingerprint density at radius 1 is 1.29 bits per heavy atom. The van der Waals surface area contributed by atoms with Crippen molar-refractivity contribution >= 4 is 10.1 Å². The third-order valence-electron chi connectivity index (χ3n) is 1.31. The molecular weight excluding hydrogens is 202 g/mol. The topological polar surface area (TPSA) is 83.2 Å². The van der Waals surface area contributed by atoms with E-state index in [1.807, 2.05) is 13.8 Å². The van der Waals surface area contributed by atoms with Crippen LogP contribution in [0.5, 0.6) is 0 Å². The maximum atomic E-state index is 10.4. The lowest BCUT2D eigenvalue weighted by Gasteiger charge is -2.05. The van der Waals surface area contributed by atoms with E-state index in [1.165, 1.54) is 12.1 Å². The smallest absolute Gasteiger partial charge is 0.124 e. The summed E-state index contributed by atoms with van der Waals surface area (Å²) in [4.78, 5) is -0.178. The highest BCUT2D eigenvalue weighted by Crippen LogP contribution is 2.08. The van der Waals surface area contributed by atoms with Crippen LogP contribution in [0.2, 0.25) is 0 Å². The summed E-state index contributed by atoms with van der Waals surface area (Å²) in [5.41, 5.74) is 5.78. The van der Waals surface area contributed by atoms with Crippen molar-refractivity contribution < 1.29 is 13.0 Å². The molecule has 0 aliphatic rings. The van der Waals surface area contributed by atoms with Gasteiger partial charge in [-0.05, 0) is 25.6 Å². The summed E-state index contributed by atoms with van der Waals surface area (Å²) in [5, 5.41) is 0. The number of aryl methyl sites for hydroxylation is 1. The fourth-order valence-electron chi connectivity index (χ4n) is 0.705. The molecule has 0 bridgehead atoms. The van der Waals surface area contributed by atoms with Gasteiger partial charge >= 0.3 is 0 Å². The molecule has 0 saturated carbocycles. The van der Waals surface area contributed by atoms with E-state index in [9.17, 15) is 13.0 Å². The molecule has 1 aromatic carbocycles. The minimum Gasteiger partial charge on any atom is -0.744 e. The third-order valence-corrected chi connectivity index (χ3v) is 2.16. The van der Waals surface area contributed by atoms with Gasteiger partial charge in [0, 0.05) is 0 Å². The maximum Gasteiger partial charge on any atom is 0.124 e. The molecule has 2 N–H and O–H groups in total. The Kier molecular flexibility index (Phi) is 5.37. The Morgan fingerprint density at radius 2 is 1.64 bits per heavy atom. The van der Waals surface area contributed by atoms with Crippen LogP contribution in [0.3, 0.4) is 0 Å². The Balaban J connectivity index is 0.000000500. The first kappa shape index (κ1) is 13.1. The van der Waals surface area contributed by atoms with Gasteiger partial charge < -0.3 is 10.3 Å². The van der Waals surface area contributed by atoms with Crippen LogP contribution in [0, 0.1) is 6.92 Å². The average Bonchev–Trinajstić information content (AvgIpc) is 2.04. The van der Waals surface area contributed by atoms with E-state index in [4.69, 9.17) is 5.73 Å². The van der Waals surface area contributed by atoms with Gasteiger partial charge in [0.15, 0.2) is 0 Å². The summed E-state index contributed by atoms with van der Waals surface area (Å²) in [7, 11) is -4.27. The molecule has 0 spiro atoms. The SMILES string of the molecule is CCN.Cc1ccc(S(=O)(=O)[O-])cc1. The van der Waals surface area contributed by atoms with E-state index in [0.717, 1.165) is 12.1 Å². The lowest BCUT2D eigenvalue weighted by Crippen LogP contribution is -1.97. The first-order chi connectivity index (χ1) is 6.41. The maximum absolute atomic E-state index is 10.4. The fourth-order valence-corrected chi connectivity index (χ4v) is 1.17. The Labute approximate surface area is 84.5 Å². The van der Waals surface area contributed by atoms with Crippen molar-refractivity contribution in [2.24, 2.45) is 5.73 Å². The minimum atomic E-state index is -4.27. The molecule has 80 valence electrons. The number of benzene rings is 1. The predicted molar refractivity (Wildman–Crippen MR) is 53.9 cm³/mol. The van der Waals surface area contributed by atoms with E-state index in [-0.39, 0.29) is 4.90 Å². The number of nitrogens with two attached hydrogens (primary N) is 1. The van der Waals surface area contributed by atoms with Crippen LogP contribution in [-0.2, 0) is 10.1 Å². The van der Waals surface area contributed by atoms with Crippen LogP contribution in [0.25, 0.3) is 0 Å². The van der Waals surface area contributed by atoms with Crippen molar-refractivity contribution in [1.82, 2.24) is 0 Å². The zero-order chi connectivity index (χ0) is 11.2. The van der Waals surface area contributed by atoms with Crippen LogP contribution in [0.4, 0.5) is 0 Å². The fraction of sp³-hybridized carbons (Fsp3) is 0.333. The summed E-state index contributed by atoms with van der Waals surface area (Å²) in [5.74, 6) is 0. The van der Waals surface area contributed by atoms with E-state index >= 15 is 0 Å². The van der Waals surface area contributed by atoms with Gasteiger partial charge in [-0.2, -0.15) is 0 Å². The predicted octanol–water partition coefficient (Wildman–Crippen LogP) is 0.864.